The van der Waals surface area contributed by atoms with Crippen LogP contribution in [0.1, 0.15) is 36.7 Å². The van der Waals surface area contributed by atoms with Crippen LogP contribution in [0.5, 0.6) is 0 Å². The van der Waals surface area contributed by atoms with Crippen LogP contribution in [-0.4, -0.2) is 36.2 Å². The molecule has 0 bridgehead atoms. The monoisotopic (exact) mass is 512 g/mol. The van der Waals surface area contributed by atoms with Crippen LogP contribution in [0.2, 0.25) is 0 Å². The van der Waals surface area contributed by atoms with Gasteiger partial charge in [-0.3, -0.25) is 9.36 Å². The second-order valence-corrected chi connectivity index (χ2v) is 10.2. The summed E-state index contributed by atoms with van der Waals surface area (Å²) < 4.78 is 7.48. The summed E-state index contributed by atoms with van der Waals surface area (Å²) in [7, 11) is 3.93. The molecule has 0 saturated carbocycles. The van der Waals surface area contributed by atoms with Crippen molar-refractivity contribution in [1.29, 1.82) is 0 Å². The predicted molar refractivity (Wildman–Crippen MR) is 148 cm³/mol. The van der Waals surface area contributed by atoms with Crippen molar-refractivity contribution in [2.75, 3.05) is 25.6 Å². The molecule has 0 aliphatic carbocycles. The lowest BCUT2D eigenvalue weighted by Gasteiger charge is -2.25. The number of ether oxygens (including phenoxy) is 1. The van der Waals surface area contributed by atoms with E-state index in [1.165, 1.54) is 16.9 Å². The number of carbonyl (C=O) groups excluding carboxylic acids is 1. The molecular weight excluding hydrogens is 484 g/mol. The number of benzene rings is 2. The number of carbonyl (C=O) groups is 1. The number of pyridine rings is 1. The van der Waals surface area contributed by atoms with E-state index in [-0.39, 0.29) is 12.2 Å². The van der Waals surface area contributed by atoms with Gasteiger partial charge in [0.1, 0.15) is 0 Å². The van der Waals surface area contributed by atoms with Crippen LogP contribution < -0.4 is 19.8 Å². The van der Waals surface area contributed by atoms with Crippen molar-refractivity contribution >= 4 is 40.0 Å². The van der Waals surface area contributed by atoms with Gasteiger partial charge in [-0.1, -0.05) is 41.2 Å². The molecule has 188 valence electrons. The number of allylic oxidation sites excluding steroid dienone is 1. The molecule has 0 saturated heterocycles. The van der Waals surface area contributed by atoms with Gasteiger partial charge in [-0.05, 0) is 62.7 Å². The van der Waals surface area contributed by atoms with E-state index in [1.807, 2.05) is 74.4 Å². The molecule has 0 spiro atoms. The summed E-state index contributed by atoms with van der Waals surface area (Å²) in [6.07, 6.45) is 1.79. The number of hydrogen-bond acceptors (Lipinski definition) is 7. The first kappa shape index (κ1) is 24.6. The third kappa shape index (κ3) is 4.60. The largest absolute Gasteiger partial charge is 0.463 e. The maximum atomic E-state index is 13.8. The number of anilines is 1. The highest BCUT2D eigenvalue weighted by molar-refractivity contribution is 7.07. The molecule has 2 aromatic carbocycles. The van der Waals surface area contributed by atoms with Crippen molar-refractivity contribution in [3.63, 3.8) is 0 Å². The molecule has 1 aliphatic rings. The molecule has 1 atom stereocenters. The van der Waals surface area contributed by atoms with Gasteiger partial charge in [-0.2, -0.15) is 0 Å². The maximum absolute atomic E-state index is 13.8. The van der Waals surface area contributed by atoms with Gasteiger partial charge in [0.15, 0.2) is 4.80 Å². The van der Waals surface area contributed by atoms with E-state index in [4.69, 9.17) is 9.72 Å². The predicted octanol–water partition coefficient (Wildman–Crippen LogP) is 3.72. The molecule has 0 N–H and O–H groups in total. The quantitative estimate of drug-likeness (QED) is 0.381. The summed E-state index contributed by atoms with van der Waals surface area (Å²) in [5.74, 6) is -0.466. The van der Waals surface area contributed by atoms with E-state index < -0.39 is 12.0 Å². The van der Waals surface area contributed by atoms with E-state index in [0.717, 1.165) is 22.2 Å². The number of aryl methyl sites for hydroxylation is 1. The minimum absolute atomic E-state index is 0.217. The highest BCUT2D eigenvalue weighted by Gasteiger charge is 2.33. The van der Waals surface area contributed by atoms with Crippen LogP contribution in [-0.2, 0) is 9.53 Å². The summed E-state index contributed by atoms with van der Waals surface area (Å²) in [6.45, 7) is 5.84. The van der Waals surface area contributed by atoms with Crippen molar-refractivity contribution < 1.29 is 9.53 Å². The SMILES string of the molecule is CCOC(=O)C1=C(C)N=c2sc(=Cc3ccc4cc(C)ccc4n3)c(=O)n2[C@H]1c1ccc(N(C)C)cc1. The van der Waals surface area contributed by atoms with Crippen LogP contribution in [0.3, 0.4) is 0 Å². The normalized spacial score (nSPS) is 15.5. The molecule has 2 aromatic heterocycles. The fourth-order valence-electron chi connectivity index (χ4n) is 4.54. The minimum atomic E-state index is -0.638. The van der Waals surface area contributed by atoms with Gasteiger partial charge < -0.3 is 9.64 Å². The van der Waals surface area contributed by atoms with Gasteiger partial charge in [-0.15, -0.1) is 0 Å². The van der Waals surface area contributed by atoms with Crippen molar-refractivity contribution in [3.05, 3.63) is 102 Å². The van der Waals surface area contributed by atoms with E-state index in [2.05, 4.69) is 11.1 Å². The molecule has 3 heterocycles. The maximum Gasteiger partial charge on any atom is 0.338 e. The van der Waals surface area contributed by atoms with Gasteiger partial charge in [0.2, 0.25) is 0 Å². The zero-order valence-corrected chi connectivity index (χ0v) is 22.3. The molecule has 0 radical (unpaired) electrons. The standard InChI is InChI=1S/C29H28N4O3S/c1-6-36-28(35)25-18(3)30-29-33(26(25)19-9-12-22(13-10-19)32(4)5)27(34)24(37-29)16-21-11-8-20-15-17(2)7-14-23(20)31-21/h7-16,26H,6H2,1-5H3/t26-/m0/s1. The topological polar surface area (TPSA) is 76.8 Å². The van der Waals surface area contributed by atoms with Gasteiger partial charge in [0.25, 0.3) is 5.56 Å². The fraction of sp³-hybridized carbons (Fsp3) is 0.241. The van der Waals surface area contributed by atoms with Gasteiger partial charge in [0.05, 0.1) is 39.7 Å². The Kier molecular flexibility index (Phi) is 6.52. The lowest BCUT2D eigenvalue weighted by molar-refractivity contribution is -0.139. The Morgan fingerprint density at radius 3 is 2.57 bits per heavy atom. The Hall–Kier alpha value is -4.04. The van der Waals surface area contributed by atoms with Crippen molar-refractivity contribution in [2.24, 2.45) is 4.99 Å². The first-order valence-corrected chi connectivity index (χ1v) is 12.9. The third-order valence-electron chi connectivity index (χ3n) is 6.39. The van der Waals surface area contributed by atoms with Crippen LogP contribution in [0.4, 0.5) is 5.69 Å². The lowest BCUT2D eigenvalue weighted by atomic mass is 9.95. The molecule has 4 aromatic rings. The molecule has 8 heteroatoms. The number of rotatable bonds is 5. The molecule has 5 rings (SSSR count). The Morgan fingerprint density at radius 2 is 1.86 bits per heavy atom. The van der Waals surface area contributed by atoms with E-state index >= 15 is 0 Å². The zero-order valence-electron chi connectivity index (χ0n) is 21.5. The van der Waals surface area contributed by atoms with E-state index in [1.54, 1.807) is 24.5 Å². The highest BCUT2D eigenvalue weighted by atomic mass is 32.1. The molecule has 0 unspecified atom stereocenters. The van der Waals surface area contributed by atoms with Gasteiger partial charge in [-0.25, -0.2) is 14.8 Å². The molecule has 0 fully saturated rings. The Morgan fingerprint density at radius 1 is 1.11 bits per heavy atom. The van der Waals surface area contributed by atoms with Crippen molar-refractivity contribution in [1.82, 2.24) is 9.55 Å². The molecule has 37 heavy (non-hydrogen) atoms. The summed E-state index contributed by atoms with van der Waals surface area (Å²) in [6, 6.07) is 17.2. The second kappa shape index (κ2) is 9.78. The smallest absolute Gasteiger partial charge is 0.338 e. The zero-order chi connectivity index (χ0) is 26.3. The summed E-state index contributed by atoms with van der Waals surface area (Å²) in [5, 5.41) is 1.05. The first-order valence-electron chi connectivity index (χ1n) is 12.1. The second-order valence-electron chi connectivity index (χ2n) is 9.22. The summed E-state index contributed by atoms with van der Waals surface area (Å²) >= 11 is 1.30. The van der Waals surface area contributed by atoms with Crippen LogP contribution in [0, 0.1) is 6.92 Å². The number of fused-ring (bicyclic) bond motifs is 2. The number of aromatic nitrogens is 2. The molecule has 7 nitrogen and oxygen atoms in total. The Bertz CT molecular complexity index is 1730. The summed E-state index contributed by atoms with van der Waals surface area (Å²) in [5.41, 5.74) is 5.26. The third-order valence-corrected chi connectivity index (χ3v) is 7.37. The summed E-state index contributed by atoms with van der Waals surface area (Å²) in [4.78, 5) is 38.8. The number of hydrogen-bond donors (Lipinski definition) is 0. The number of thiazole rings is 1. The van der Waals surface area contributed by atoms with E-state index in [0.29, 0.717) is 26.3 Å². The molecular formula is C29H28N4O3S. The van der Waals surface area contributed by atoms with Crippen LogP contribution in [0.15, 0.2) is 75.7 Å². The molecule has 1 aliphatic heterocycles. The Balaban J connectivity index is 1.68. The first-order chi connectivity index (χ1) is 17.8. The average Bonchev–Trinajstić information content (AvgIpc) is 3.17. The van der Waals surface area contributed by atoms with Gasteiger partial charge in [0, 0.05) is 25.2 Å². The Labute approximate surface area is 218 Å². The minimum Gasteiger partial charge on any atom is -0.463 e. The van der Waals surface area contributed by atoms with Crippen LogP contribution in [0.25, 0.3) is 17.0 Å². The van der Waals surface area contributed by atoms with Crippen molar-refractivity contribution in [2.45, 2.75) is 26.8 Å². The fourth-order valence-corrected chi connectivity index (χ4v) is 5.57. The van der Waals surface area contributed by atoms with Crippen molar-refractivity contribution in [3.8, 4) is 0 Å². The average molecular weight is 513 g/mol. The number of esters is 1. The highest BCUT2D eigenvalue weighted by Crippen LogP contribution is 2.31. The van der Waals surface area contributed by atoms with E-state index in [9.17, 15) is 9.59 Å². The molecule has 0 amide bonds. The van der Waals surface area contributed by atoms with Crippen LogP contribution >= 0.6 is 11.3 Å². The lowest BCUT2D eigenvalue weighted by Crippen LogP contribution is -2.40. The van der Waals surface area contributed by atoms with Gasteiger partial charge >= 0.3 is 5.97 Å². The number of nitrogens with zero attached hydrogens (tertiary/aromatic N) is 4.